The smallest absolute Gasteiger partial charge is 0.321 e. The summed E-state index contributed by atoms with van der Waals surface area (Å²) in [6, 6.07) is 1.24. The Labute approximate surface area is 165 Å². The molecule has 0 bridgehead atoms. The molecular weight excluding hydrogens is 397 g/mol. The Hall–Kier alpha value is -1.51. The third-order valence-corrected chi connectivity index (χ3v) is 5.84. The largest absolute Gasteiger partial charge is 0.335 e. The molecule has 0 aliphatic heterocycles. The van der Waals surface area contributed by atoms with Gasteiger partial charge in [-0.2, -0.15) is 0 Å². The van der Waals surface area contributed by atoms with Crippen molar-refractivity contribution in [2.24, 2.45) is 5.92 Å². The van der Waals surface area contributed by atoms with Crippen LogP contribution in [-0.2, 0) is 4.79 Å². The summed E-state index contributed by atoms with van der Waals surface area (Å²) in [4.78, 5) is 24.0. The van der Waals surface area contributed by atoms with Gasteiger partial charge in [-0.25, -0.2) is 4.79 Å². The van der Waals surface area contributed by atoms with Crippen LogP contribution in [0.3, 0.4) is 0 Å². The lowest BCUT2D eigenvalue weighted by Gasteiger charge is -2.29. The Morgan fingerprint density at radius 1 is 1.31 bits per heavy atom. The molecule has 140 valence electrons. The number of halogens is 2. The maximum absolute atomic E-state index is 12.0. The van der Waals surface area contributed by atoms with Crippen LogP contribution in [-0.4, -0.2) is 38.3 Å². The second-order valence-electron chi connectivity index (χ2n) is 6.36. The predicted octanol–water partition coefficient (Wildman–Crippen LogP) is 3.53. The number of urea groups is 1. The molecule has 0 spiro atoms. The van der Waals surface area contributed by atoms with E-state index in [1.165, 1.54) is 6.42 Å². The van der Waals surface area contributed by atoms with Crippen molar-refractivity contribution < 1.29 is 9.59 Å². The third-order valence-electron chi connectivity index (χ3n) is 4.41. The van der Waals surface area contributed by atoms with Gasteiger partial charge in [0, 0.05) is 12.2 Å². The van der Waals surface area contributed by atoms with Crippen molar-refractivity contribution in [2.45, 2.75) is 43.8 Å². The van der Waals surface area contributed by atoms with Gasteiger partial charge >= 0.3 is 6.03 Å². The lowest BCUT2D eigenvalue weighted by Crippen LogP contribution is -2.48. The first kappa shape index (κ1) is 19.3. The fourth-order valence-electron chi connectivity index (χ4n) is 3.03. The molecule has 1 fully saturated rings. The Bertz CT molecular complexity index is 828. The molecule has 2 N–H and O–H groups in total. The average Bonchev–Trinajstić information content (AvgIpc) is 2.98. The third kappa shape index (κ3) is 4.61. The average molecular weight is 416 g/mol. The number of thioether (sulfide) groups is 1. The van der Waals surface area contributed by atoms with Crippen LogP contribution in [0.5, 0.6) is 0 Å². The summed E-state index contributed by atoms with van der Waals surface area (Å²) < 4.78 is 1.62. The van der Waals surface area contributed by atoms with Gasteiger partial charge < -0.3 is 5.32 Å². The fraction of sp³-hybridized carbons (Fsp3) is 0.500. The van der Waals surface area contributed by atoms with E-state index in [0.717, 1.165) is 31.0 Å². The van der Waals surface area contributed by atoms with Crippen LogP contribution in [0.4, 0.5) is 4.79 Å². The van der Waals surface area contributed by atoms with E-state index in [2.05, 4.69) is 27.8 Å². The molecule has 10 heteroatoms. The first-order chi connectivity index (χ1) is 12.4. The molecule has 2 atom stereocenters. The van der Waals surface area contributed by atoms with Crippen LogP contribution in [0.2, 0.25) is 10.0 Å². The zero-order chi connectivity index (χ0) is 18.7. The first-order valence-corrected chi connectivity index (χ1v) is 10.1. The van der Waals surface area contributed by atoms with Gasteiger partial charge in [-0.3, -0.25) is 14.5 Å². The molecule has 26 heavy (non-hydrogen) atoms. The second-order valence-corrected chi connectivity index (χ2v) is 8.15. The number of carbonyl (C=O) groups excluding carboxylic acids is 2. The van der Waals surface area contributed by atoms with Crippen LogP contribution in [0.25, 0.3) is 5.65 Å². The summed E-state index contributed by atoms with van der Waals surface area (Å²) in [7, 11) is 0. The molecule has 0 saturated heterocycles. The van der Waals surface area contributed by atoms with Gasteiger partial charge in [0.05, 0.1) is 15.8 Å². The van der Waals surface area contributed by atoms with Gasteiger partial charge in [0.15, 0.2) is 10.8 Å². The van der Waals surface area contributed by atoms with Crippen LogP contribution < -0.4 is 10.6 Å². The van der Waals surface area contributed by atoms with Crippen molar-refractivity contribution in [2.75, 3.05) is 5.75 Å². The minimum atomic E-state index is -0.452. The molecule has 1 aliphatic carbocycles. The van der Waals surface area contributed by atoms with E-state index in [4.69, 9.17) is 23.2 Å². The number of pyridine rings is 1. The van der Waals surface area contributed by atoms with E-state index in [1.54, 1.807) is 16.7 Å². The highest BCUT2D eigenvalue weighted by molar-refractivity contribution is 7.99. The van der Waals surface area contributed by atoms with E-state index in [1.807, 2.05) is 0 Å². The summed E-state index contributed by atoms with van der Waals surface area (Å²) in [5.41, 5.74) is 0.461. The number of aromatic nitrogens is 3. The zero-order valence-corrected chi connectivity index (χ0v) is 16.5. The number of nitrogens with one attached hydrogen (secondary N) is 2. The molecule has 2 aromatic rings. The minimum Gasteiger partial charge on any atom is -0.335 e. The zero-order valence-electron chi connectivity index (χ0n) is 14.2. The summed E-state index contributed by atoms with van der Waals surface area (Å²) in [5, 5.41) is 14.5. The van der Waals surface area contributed by atoms with Crippen LogP contribution in [0, 0.1) is 5.92 Å². The number of amides is 3. The number of rotatable bonds is 4. The van der Waals surface area contributed by atoms with Gasteiger partial charge in [0.1, 0.15) is 0 Å². The van der Waals surface area contributed by atoms with Crippen molar-refractivity contribution in [3.63, 3.8) is 0 Å². The maximum atomic E-state index is 12.0. The molecule has 1 saturated carbocycles. The fourth-order valence-corrected chi connectivity index (χ4v) is 4.25. The summed E-state index contributed by atoms with van der Waals surface area (Å²) in [6.45, 7) is 2.12. The summed E-state index contributed by atoms with van der Waals surface area (Å²) >= 11 is 13.2. The SMILES string of the molecule is C[C@H]1CCCC[C@H]1NC(=O)NC(=O)CSc1nnc2c(Cl)cc(Cl)cn12. The first-order valence-electron chi connectivity index (χ1n) is 8.37. The van der Waals surface area contributed by atoms with E-state index >= 15 is 0 Å². The lowest BCUT2D eigenvalue weighted by molar-refractivity contribution is -0.117. The Kier molecular flexibility index (Phi) is 6.26. The molecule has 2 aromatic heterocycles. The highest BCUT2D eigenvalue weighted by atomic mass is 35.5. The second kappa shape index (κ2) is 8.45. The van der Waals surface area contributed by atoms with Crippen molar-refractivity contribution in [1.29, 1.82) is 0 Å². The number of carbonyl (C=O) groups is 2. The standard InChI is InChI=1S/C16H19Cl2N5O2S/c1-9-4-2-3-5-12(9)19-15(25)20-13(24)8-26-16-22-21-14-11(18)6-10(17)7-23(14)16/h6-7,9,12H,2-5,8H2,1H3,(H2,19,20,24,25)/t9-,12+/m0/s1. The van der Waals surface area contributed by atoms with Crippen molar-refractivity contribution in [3.8, 4) is 0 Å². The number of hydrogen-bond donors (Lipinski definition) is 2. The highest BCUT2D eigenvalue weighted by Crippen LogP contribution is 2.25. The molecule has 2 heterocycles. The highest BCUT2D eigenvalue weighted by Gasteiger charge is 2.23. The van der Waals surface area contributed by atoms with Gasteiger partial charge in [-0.05, 0) is 24.8 Å². The molecule has 0 aromatic carbocycles. The molecule has 1 aliphatic rings. The van der Waals surface area contributed by atoms with Gasteiger partial charge in [0.2, 0.25) is 5.91 Å². The Balaban J connectivity index is 1.53. The molecular formula is C16H19Cl2N5O2S. The van der Waals surface area contributed by atoms with Gasteiger partial charge in [-0.15, -0.1) is 10.2 Å². The predicted molar refractivity (Wildman–Crippen MR) is 102 cm³/mol. The maximum Gasteiger partial charge on any atom is 0.321 e. The number of hydrogen-bond acceptors (Lipinski definition) is 5. The monoisotopic (exact) mass is 415 g/mol. The van der Waals surface area contributed by atoms with Crippen molar-refractivity contribution in [3.05, 3.63) is 22.3 Å². The molecule has 0 radical (unpaired) electrons. The minimum absolute atomic E-state index is 0.0264. The van der Waals surface area contributed by atoms with Gasteiger partial charge in [0.25, 0.3) is 0 Å². The van der Waals surface area contributed by atoms with E-state index in [0.29, 0.717) is 26.8 Å². The molecule has 7 nitrogen and oxygen atoms in total. The van der Waals surface area contributed by atoms with Crippen LogP contribution in [0.1, 0.15) is 32.6 Å². The molecule has 0 unspecified atom stereocenters. The van der Waals surface area contributed by atoms with Gasteiger partial charge in [-0.1, -0.05) is 54.7 Å². The Morgan fingerprint density at radius 2 is 2.08 bits per heavy atom. The number of imide groups is 1. The topological polar surface area (TPSA) is 88.4 Å². The van der Waals surface area contributed by atoms with Crippen molar-refractivity contribution >= 4 is 52.5 Å². The lowest BCUT2D eigenvalue weighted by atomic mass is 9.86. The van der Waals surface area contributed by atoms with E-state index < -0.39 is 11.9 Å². The summed E-state index contributed by atoms with van der Waals surface area (Å²) in [6.07, 6.45) is 5.96. The van der Waals surface area contributed by atoms with Crippen molar-refractivity contribution in [1.82, 2.24) is 25.2 Å². The quantitative estimate of drug-likeness (QED) is 0.745. The number of fused-ring (bicyclic) bond motifs is 1. The Morgan fingerprint density at radius 3 is 2.85 bits per heavy atom. The van der Waals surface area contributed by atoms with E-state index in [9.17, 15) is 9.59 Å². The summed E-state index contributed by atoms with van der Waals surface area (Å²) in [5.74, 6) is 0.0510. The molecule has 3 rings (SSSR count). The van der Waals surface area contributed by atoms with Crippen LogP contribution >= 0.6 is 35.0 Å². The normalized spacial score (nSPS) is 20.1. The van der Waals surface area contributed by atoms with Crippen LogP contribution in [0.15, 0.2) is 17.4 Å². The molecule has 3 amide bonds. The number of nitrogens with zero attached hydrogens (tertiary/aromatic N) is 3. The van der Waals surface area contributed by atoms with E-state index in [-0.39, 0.29) is 11.8 Å².